The molecular formula is C10H12ClFO2. The number of alkyl halides is 1. The molecular weight excluding hydrogens is 207 g/mol. The molecule has 1 rings (SSSR count). The van der Waals surface area contributed by atoms with Crippen LogP contribution < -0.4 is 4.74 Å². The molecule has 0 aliphatic heterocycles. The number of benzene rings is 1. The van der Waals surface area contributed by atoms with Gasteiger partial charge in [0.25, 0.3) is 0 Å². The molecule has 0 saturated heterocycles. The summed E-state index contributed by atoms with van der Waals surface area (Å²) in [5, 5.41) is 8.61. The van der Waals surface area contributed by atoms with Crippen LogP contribution >= 0.6 is 11.6 Å². The van der Waals surface area contributed by atoms with Gasteiger partial charge in [-0.05, 0) is 25.1 Å². The number of ether oxygens (including phenoxy) is 1. The Balaban J connectivity index is 3.10. The highest BCUT2D eigenvalue weighted by molar-refractivity contribution is 6.21. The van der Waals surface area contributed by atoms with E-state index in [1.165, 1.54) is 25.3 Å². The van der Waals surface area contributed by atoms with Gasteiger partial charge < -0.3 is 9.84 Å². The molecule has 1 aromatic rings. The molecule has 0 spiro atoms. The fraction of sp³-hybridized carbons (Fsp3) is 0.400. The molecule has 78 valence electrons. The number of rotatable bonds is 3. The number of hydrogen-bond donors (Lipinski definition) is 1. The molecule has 0 aliphatic carbocycles. The summed E-state index contributed by atoms with van der Waals surface area (Å²) in [6.07, 6.45) is -0.757. The lowest BCUT2D eigenvalue weighted by atomic mass is 10.1. The van der Waals surface area contributed by atoms with Crippen molar-refractivity contribution in [2.45, 2.75) is 18.4 Å². The minimum Gasteiger partial charge on any atom is -0.496 e. The molecule has 0 fully saturated rings. The van der Waals surface area contributed by atoms with Gasteiger partial charge in [0, 0.05) is 5.56 Å². The molecule has 1 N–H and O–H groups in total. The first kappa shape index (κ1) is 11.3. The van der Waals surface area contributed by atoms with Gasteiger partial charge in [-0.1, -0.05) is 0 Å². The SMILES string of the molecule is COc1ccc(F)cc1C(Cl)C(C)O. The van der Waals surface area contributed by atoms with Crippen molar-refractivity contribution in [1.82, 2.24) is 0 Å². The maximum atomic E-state index is 12.9. The summed E-state index contributed by atoms with van der Waals surface area (Å²) in [7, 11) is 1.47. The lowest BCUT2D eigenvalue weighted by molar-refractivity contribution is 0.188. The molecule has 2 nitrogen and oxygen atoms in total. The molecule has 14 heavy (non-hydrogen) atoms. The van der Waals surface area contributed by atoms with Crippen LogP contribution in [0.25, 0.3) is 0 Å². The Labute approximate surface area is 87.3 Å². The zero-order chi connectivity index (χ0) is 10.7. The zero-order valence-electron chi connectivity index (χ0n) is 8.00. The van der Waals surface area contributed by atoms with Crippen LogP contribution in [-0.4, -0.2) is 18.3 Å². The van der Waals surface area contributed by atoms with E-state index in [0.29, 0.717) is 11.3 Å². The lowest BCUT2D eigenvalue weighted by Crippen LogP contribution is -2.10. The van der Waals surface area contributed by atoms with E-state index in [1.54, 1.807) is 6.92 Å². The Morgan fingerprint density at radius 1 is 1.50 bits per heavy atom. The van der Waals surface area contributed by atoms with E-state index >= 15 is 0 Å². The van der Waals surface area contributed by atoms with Gasteiger partial charge in [-0.2, -0.15) is 0 Å². The first-order chi connectivity index (χ1) is 6.56. The van der Waals surface area contributed by atoms with Gasteiger partial charge in [-0.15, -0.1) is 11.6 Å². The van der Waals surface area contributed by atoms with Crippen LogP contribution in [0.2, 0.25) is 0 Å². The topological polar surface area (TPSA) is 29.5 Å². The molecule has 2 atom stereocenters. The lowest BCUT2D eigenvalue weighted by Gasteiger charge is -2.16. The van der Waals surface area contributed by atoms with Gasteiger partial charge in [0.15, 0.2) is 0 Å². The van der Waals surface area contributed by atoms with Crippen molar-refractivity contribution in [3.63, 3.8) is 0 Å². The third-order valence-electron chi connectivity index (χ3n) is 1.91. The number of halogens is 2. The zero-order valence-corrected chi connectivity index (χ0v) is 8.75. The number of hydrogen-bond acceptors (Lipinski definition) is 2. The Bertz CT molecular complexity index is 315. The molecule has 0 heterocycles. The molecule has 0 aliphatic rings. The monoisotopic (exact) mass is 218 g/mol. The van der Waals surface area contributed by atoms with Crippen LogP contribution in [0.1, 0.15) is 17.9 Å². The van der Waals surface area contributed by atoms with E-state index in [0.717, 1.165) is 0 Å². The first-order valence-corrected chi connectivity index (χ1v) is 4.65. The highest BCUT2D eigenvalue weighted by Crippen LogP contribution is 2.32. The largest absolute Gasteiger partial charge is 0.496 e. The molecule has 4 heteroatoms. The number of aliphatic hydroxyl groups is 1. The van der Waals surface area contributed by atoms with Crippen LogP contribution in [0, 0.1) is 5.82 Å². The maximum Gasteiger partial charge on any atom is 0.123 e. The van der Waals surface area contributed by atoms with Gasteiger partial charge in [0.2, 0.25) is 0 Å². The Kier molecular flexibility index (Phi) is 3.72. The molecule has 0 saturated carbocycles. The quantitative estimate of drug-likeness (QED) is 0.790. The van der Waals surface area contributed by atoms with Gasteiger partial charge in [0.1, 0.15) is 11.6 Å². The molecule has 0 amide bonds. The Morgan fingerprint density at radius 3 is 2.64 bits per heavy atom. The third-order valence-corrected chi connectivity index (χ3v) is 2.51. The molecule has 0 aromatic heterocycles. The normalized spacial score (nSPS) is 14.9. The van der Waals surface area contributed by atoms with Crippen LogP contribution in [0.15, 0.2) is 18.2 Å². The third kappa shape index (κ3) is 2.36. The standard InChI is InChI=1S/C10H12ClFO2/c1-6(13)10(11)8-5-7(12)3-4-9(8)14-2/h3-6,10,13H,1-2H3. The number of aliphatic hydroxyl groups excluding tert-OH is 1. The minimum atomic E-state index is -0.757. The fourth-order valence-electron chi connectivity index (χ4n) is 1.18. The average molecular weight is 219 g/mol. The van der Waals surface area contributed by atoms with Crippen molar-refractivity contribution in [3.05, 3.63) is 29.6 Å². The molecule has 0 bridgehead atoms. The van der Waals surface area contributed by atoms with Crippen LogP contribution in [-0.2, 0) is 0 Å². The van der Waals surface area contributed by atoms with Crippen molar-refractivity contribution in [2.75, 3.05) is 7.11 Å². The van der Waals surface area contributed by atoms with E-state index in [2.05, 4.69) is 0 Å². The van der Waals surface area contributed by atoms with E-state index in [9.17, 15) is 9.50 Å². The van der Waals surface area contributed by atoms with Gasteiger partial charge in [0.05, 0.1) is 18.6 Å². The van der Waals surface area contributed by atoms with Crippen LogP contribution in [0.5, 0.6) is 5.75 Å². The predicted molar refractivity (Wildman–Crippen MR) is 53.2 cm³/mol. The first-order valence-electron chi connectivity index (χ1n) is 4.22. The second-order valence-corrected chi connectivity index (χ2v) is 3.50. The van der Waals surface area contributed by atoms with Gasteiger partial charge >= 0.3 is 0 Å². The van der Waals surface area contributed by atoms with Crippen molar-refractivity contribution >= 4 is 11.6 Å². The summed E-state index contributed by atoms with van der Waals surface area (Å²) in [5.74, 6) is 0.0828. The van der Waals surface area contributed by atoms with Crippen LogP contribution in [0.3, 0.4) is 0 Å². The predicted octanol–water partition coefficient (Wildman–Crippen LogP) is 2.50. The summed E-state index contributed by atoms with van der Waals surface area (Å²) in [5.41, 5.74) is 0.462. The smallest absolute Gasteiger partial charge is 0.123 e. The second-order valence-electron chi connectivity index (χ2n) is 3.03. The second kappa shape index (κ2) is 4.62. The Hall–Kier alpha value is -0.800. The van der Waals surface area contributed by atoms with Crippen molar-refractivity contribution in [3.8, 4) is 5.75 Å². The van der Waals surface area contributed by atoms with Crippen LogP contribution in [0.4, 0.5) is 4.39 Å². The van der Waals surface area contributed by atoms with Gasteiger partial charge in [-0.3, -0.25) is 0 Å². The van der Waals surface area contributed by atoms with E-state index in [4.69, 9.17) is 16.3 Å². The van der Waals surface area contributed by atoms with Crippen molar-refractivity contribution < 1.29 is 14.2 Å². The van der Waals surface area contributed by atoms with Crippen molar-refractivity contribution in [1.29, 1.82) is 0 Å². The Morgan fingerprint density at radius 2 is 2.14 bits per heavy atom. The van der Waals surface area contributed by atoms with E-state index < -0.39 is 17.3 Å². The summed E-state index contributed by atoms with van der Waals surface area (Å²) < 4.78 is 17.9. The number of methoxy groups -OCH3 is 1. The van der Waals surface area contributed by atoms with E-state index in [1.807, 2.05) is 0 Å². The molecule has 0 radical (unpaired) electrons. The molecule has 1 aromatic carbocycles. The highest BCUT2D eigenvalue weighted by atomic mass is 35.5. The summed E-state index contributed by atoms with van der Waals surface area (Å²) >= 11 is 5.90. The highest BCUT2D eigenvalue weighted by Gasteiger charge is 2.18. The van der Waals surface area contributed by atoms with Crippen molar-refractivity contribution in [2.24, 2.45) is 0 Å². The minimum absolute atomic E-state index is 0.396. The van der Waals surface area contributed by atoms with E-state index in [-0.39, 0.29) is 0 Å². The summed E-state index contributed by atoms with van der Waals surface area (Å²) in [4.78, 5) is 0. The summed E-state index contributed by atoms with van der Waals surface area (Å²) in [6.45, 7) is 1.54. The summed E-state index contributed by atoms with van der Waals surface area (Å²) in [6, 6.07) is 4.04. The average Bonchev–Trinajstić information content (AvgIpc) is 2.16. The maximum absolute atomic E-state index is 12.9. The molecule has 2 unspecified atom stereocenters. The van der Waals surface area contributed by atoms with Gasteiger partial charge in [-0.25, -0.2) is 4.39 Å². The fourth-order valence-corrected chi connectivity index (χ4v) is 1.35.